The zero-order valence-corrected chi connectivity index (χ0v) is 17.6. The normalized spacial score (nSPS) is 13.2. The second-order valence-corrected chi connectivity index (χ2v) is 7.14. The number of alkyl halides is 2. The van der Waals surface area contributed by atoms with Gasteiger partial charge in [-0.3, -0.25) is 0 Å². The van der Waals surface area contributed by atoms with Gasteiger partial charge in [-0.2, -0.15) is 0 Å². The van der Waals surface area contributed by atoms with E-state index in [1.54, 1.807) is 19.3 Å². The van der Waals surface area contributed by atoms with Gasteiger partial charge in [0.1, 0.15) is 6.29 Å². The number of anilines is 4. The summed E-state index contributed by atoms with van der Waals surface area (Å²) in [6, 6.07) is 9.09. The predicted octanol–water partition coefficient (Wildman–Crippen LogP) is 4.57. The number of carbonyl (C=O) groups excluding carboxylic acids is 1. The molecule has 0 bridgehead atoms. The summed E-state index contributed by atoms with van der Waals surface area (Å²) in [5.74, 6) is 0. The van der Waals surface area contributed by atoms with Gasteiger partial charge >= 0.3 is 0 Å². The molecule has 0 atom stereocenters. The number of carbonyl (C=O) groups is 1. The Hall–Kier alpha value is -3.42. The summed E-state index contributed by atoms with van der Waals surface area (Å²) in [5, 5.41) is 16.9. The van der Waals surface area contributed by atoms with E-state index in [0.717, 1.165) is 40.8 Å². The molecule has 0 aromatic heterocycles. The zero-order chi connectivity index (χ0) is 22.4. The monoisotopic (exact) mass is 427 g/mol. The Morgan fingerprint density at radius 3 is 2.71 bits per heavy atom. The molecule has 1 heterocycles. The average Bonchev–Trinajstić information content (AvgIpc) is 3.19. The molecule has 0 unspecified atom stereocenters. The van der Waals surface area contributed by atoms with Gasteiger partial charge in [0.25, 0.3) is 6.43 Å². The van der Waals surface area contributed by atoms with Crippen molar-refractivity contribution in [2.24, 2.45) is 0 Å². The van der Waals surface area contributed by atoms with Gasteiger partial charge in [0, 0.05) is 62.8 Å². The van der Waals surface area contributed by atoms with E-state index in [9.17, 15) is 13.6 Å². The van der Waals surface area contributed by atoms with Crippen LogP contribution in [-0.2, 0) is 11.2 Å². The van der Waals surface area contributed by atoms with Crippen molar-refractivity contribution in [2.45, 2.75) is 19.3 Å². The van der Waals surface area contributed by atoms with Crippen LogP contribution in [0, 0.1) is 5.41 Å². The number of halogens is 2. The summed E-state index contributed by atoms with van der Waals surface area (Å²) in [6.45, 7) is 1.13. The SMILES string of the molecule is CN/C=C(\C=N)c1cc2c(cc1C(F)F)N(c1cccc(NC)c1NCCC=O)CC2. The molecular formula is C23H27F2N5O. The molecule has 0 saturated heterocycles. The van der Waals surface area contributed by atoms with E-state index in [-0.39, 0.29) is 5.56 Å². The molecule has 0 radical (unpaired) electrons. The molecule has 0 amide bonds. The summed E-state index contributed by atoms with van der Waals surface area (Å²) in [6.07, 6.45) is 1.90. The fourth-order valence-electron chi connectivity index (χ4n) is 3.90. The van der Waals surface area contributed by atoms with Crippen molar-refractivity contribution >= 4 is 40.8 Å². The van der Waals surface area contributed by atoms with E-state index in [1.165, 1.54) is 6.07 Å². The number of hydrogen-bond acceptors (Lipinski definition) is 6. The van der Waals surface area contributed by atoms with Crippen molar-refractivity contribution in [3.05, 3.63) is 53.2 Å². The number of allylic oxidation sites excluding steroid dienone is 1. The van der Waals surface area contributed by atoms with E-state index in [2.05, 4.69) is 16.0 Å². The van der Waals surface area contributed by atoms with E-state index in [1.807, 2.05) is 30.1 Å². The summed E-state index contributed by atoms with van der Waals surface area (Å²) in [4.78, 5) is 12.8. The van der Waals surface area contributed by atoms with Crippen LogP contribution in [0.1, 0.15) is 29.5 Å². The molecule has 1 aliphatic heterocycles. The smallest absolute Gasteiger partial charge is 0.264 e. The first kappa shape index (κ1) is 22.3. The Kier molecular flexibility index (Phi) is 7.23. The highest BCUT2D eigenvalue weighted by atomic mass is 19.3. The summed E-state index contributed by atoms with van der Waals surface area (Å²) in [5.41, 5.74) is 4.93. The lowest BCUT2D eigenvalue weighted by Gasteiger charge is -2.26. The molecule has 1 aliphatic rings. The van der Waals surface area contributed by atoms with E-state index < -0.39 is 6.43 Å². The van der Waals surface area contributed by atoms with Crippen molar-refractivity contribution < 1.29 is 13.6 Å². The first-order valence-electron chi connectivity index (χ1n) is 10.1. The third-order valence-electron chi connectivity index (χ3n) is 5.31. The maximum absolute atomic E-state index is 14.0. The van der Waals surface area contributed by atoms with Gasteiger partial charge in [-0.1, -0.05) is 6.07 Å². The fraction of sp³-hybridized carbons (Fsp3) is 0.304. The van der Waals surface area contributed by atoms with Crippen LogP contribution < -0.4 is 20.9 Å². The minimum atomic E-state index is -2.67. The van der Waals surface area contributed by atoms with Crippen molar-refractivity contribution in [3.63, 3.8) is 0 Å². The highest BCUT2D eigenvalue weighted by Gasteiger charge is 2.27. The number of para-hydroxylation sites is 1. The maximum Gasteiger partial charge on any atom is 0.264 e. The Bertz CT molecular complexity index is 990. The number of hydrogen-bond donors (Lipinski definition) is 4. The lowest BCUT2D eigenvalue weighted by molar-refractivity contribution is -0.107. The lowest BCUT2D eigenvalue weighted by atomic mass is 9.96. The molecule has 3 rings (SSSR count). The van der Waals surface area contributed by atoms with E-state index in [4.69, 9.17) is 5.41 Å². The van der Waals surface area contributed by atoms with Gasteiger partial charge in [0.05, 0.1) is 17.1 Å². The van der Waals surface area contributed by atoms with Gasteiger partial charge in [0.15, 0.2) is 0 Å². The Labute approximate surface area is 180 Å². The molecule has 31 heavy (non-hydrogen) atoms. The third kappa shape index (κ3) is 4.52. The molecule has 6 nitrogen and oxygen atoms in total. The van der Waals surface area contributed by atoms with Crippen molar-refractivity contribution in [1.29, 1.82) is 5.41 Å². The molecule has 8 heteroatoms. The fourth-order valence-corrected chi connectivity index (χ4v) is 3.90. The minimum absolute atomic E-state index is 0.101. The van der Waals surface area contributed by atoms with Crippen molar-refractivity contribution in [3.8, 4) is 0 Å². The first-order chi connectivity index (χ1) is 15.0. The van der Waals surface area contributed by atoms with Crippen LogP contribution in [0.2, 0.25) is 0 Å². The maximum atomic E-state index is 14.0. The van der Waals surface area contributed by atoms with Crippen LogP contribution in [0.4, 0.5) is 31.5 Å². The summed E-state index contributed by atoms with van der Waals surface area (Å²) >= 11 is 0. The molecule has 0 saturated carbocycles. The second-order valence-electron chi connectivity index (χ2n) is 7.14. The largest absolute Gasteiger partial charge is 0.393 e. The third-order valence-corrected chi connectivity index (χ3v) is 5.31. The highest BCUT2D eigenvalue weighted by molar-refractivity contribution is 6.09. The standard InChI is InChI=1S/C23H27F2N5O/c1-27-14-16(13-26)17-11-15-7-9-30(21(15)12-18(17)23(24)25)20-6-3-5-19(28-2)22(20)29-8-4-10-31/h3,5-6,10-14,23,26-29H,4,7-9H2,1-2H3/b16-14+,26-13?. The van der Waals surface area contributed by atoms with Crippen LogP contribution in [0.15, 0.2) is 36.5 Å². The minimum Gasteiger partial charge on any atom is -0.393 e. The zero-order valence-electron chi connectivity index (χ0n) is 17.6. The van der Waals surface area contributed by atoms with Gasteiger partial charge in [-0.15, -0.1) is 0 Å². The van der Waals surface area contributed by atoms with Crippen molar-refractivity contribution in [2.75, 3.05) is 42.7 Å². The molecule has 164 valence electrons. The molecule has 2 aromatic rings. The second kappa shape index (κ2) is 10.1. The Morgan fingerprint density at radius 2 is 2.06 bits per heavy atom. The molecule has 4 N–H and O–H groups in total. The van der Waals surface area contributed by atoms with Gasteiger partial charge in [0.2, 0.25) is 0 Å². The quantitative estimate of drug-likeness (QED) is 0.254. The number of nitrogens with zero attached hydrogens (tertiary/aromatic N) is 1. The number of nitrogens with one attached hydrogen (secondary N) is 4. The van der Waals surface area contributed by atoms with Crippen LogP contribution in [0.5, 0.6) is 0 Å². The van der Waals surface area contributed by atoms with Crippen LogP contribution >= 0.6 is 0 Å². The number of aldehydes is 1. The van der Waals surface area contributed by atoms with Crippen molar-refractivity contribution in [1.82, 2.24) is 5.32 Å². The predicted molar refractivity (Wildman–Crippen MR) is 123 cm³/mol. The molecule has 2 aromatic carbocycles. The molecule has 0 aliphatic carbocycles. The number of benzene rings is 2. The van der Waals surface area contributed by atoms with Gasteiger partial charge < -0.3 is 31.1 Å². The first-order valence-corrected chi connectivity index (χ1v) is 10.1. The Balaban J connectivity index is 2.10. The number of rotatable bonds is 10. The van der Waals surface area contributed by atoms with Gasteiger partial charge in [-0.25, -0.2) is 8.78 Å². The topological polar surface area (TPSA) is 80.2 Å². The molecule has 0 spiro atoms. The molecular weight excluding hydrogens is 400 g/mol. The summed E-state index contributed by atoms with van der Waals surface area (Å²) < 4.78 is 27.9. The van der Waals surface area contributed by atoms with Crippen LogP contribution in [0.25, 0.3) is 5.57 Å². The number of fused-ring (bicyclic) bond motifs is 1. The van der Waals surface area contributed by atoms with E-state index >= 15 is 0 Å². The highest BCUT2D eigenvalue weighted by Crippen LogP contribution is 2.44. The summed E-state index contributed by atoms with van der Waals surface area (Å²) in [7, 11) is 3.49. The lowest BCUT2D eigenvalue weighted by Crippen LogP contribution is -2.17. The molecule has 0 fully saturated rings. The average molecular weight is 427 g/mol. The van der Waals surface area contributed by atoms with E-state index in [0.29, 0.717) is 37.1 Å². The van der Waals surface area contributed by atoms with Crippen LogP contribution in [-0.4, -0.2) is 39.7 Å². The Morgan fingerprint density at radius 1 is 1.26 bits per heavy atom. The van der Waals surface area contributed by atoms with Crippen LogP contribution in [0.3, 0.4) is 0 Å². The van der Waals surface area contributed by atoms with Gasteiger partial charge in [-0.05, 0) is 41.8 Å².